The van der Waals surface area contributed by atoms with Gasteiger partial charge in [0.15, 0.2) is 0 Å². The van der Waals surface area contributed by atoms with Crippen LogP contribution in [-0.2, 0) is 11.3 Å². The molecule has 1 aromatic carbocycles. The van der Waals surface area contributed by atoms with Crippen LogP contribution in [-0.4, -0.2) is 40.6 Å². The number of rotatable bonds is 5. The van der Waals surface area contributed by atoms with Gasteiger partial charge in [-0.25, -0.2) is 9.97 Å². The summed E-state index contributed by atoms with van der Waals surface area (Å²) in [4.78, 5) is 28.4. The van der Waals surface area contributed by atoms with Crippen LogP contribution >= 0.6 is 0 Å². The highest BCUT2D eigenvalue weighted by Gasteiger charge is 2.32. The molecule has 150 valence electrons. The van der Waals surface area contributed by atoms with E-state index in [1.165, 1.54) is 0 Å². The highest BCUT2D eigenvalue weighted by atomic mass is 16.5. The Morgan fingerprint density at radius 1 is 1.24 bits per heavy atom. The molecule has 3 heterocycles. The van der Waals surface area contributed by atoms with Crippen molar-refractivity contribution in [3.63, 3.8) is 0 Å². The average Bonchev–Trinajstić information content (AvgIpc) is 3.23. The normalized spacial score (nSPS) is 16.2. The van der Waals surface area contributed by atoms with Gasteiger partial charge < -0.3 is 15.0 Å². The number of benzene rings is 1. The lowest BCUT2D eigenvalue weighted by atomic mass is 10.1. The molecule has 1 amide bonds. The van der Waals surface area contributed by atoms with Crippen molar-refractivity contribution in [2.75, 3.05) is 18.6 Å². The van der Waals surface area contributed by atoms with E-state index in [2.05, 4.69) is 25.2 Å². The Labute approximate surface area is 170 Å². The van der Waals surface area contributed by atoms with Gasteiger partial charge in [-0.05, 0) is 38.8 Å². The highest BCUT2D eigenvalue weighted by Crippen LogP contribution is 2.29. The van der Waals surface area contributed by atoms with Crippen LogP contribution in [0.15, 0.2) is 36.8 Å². The third kappa shape index (κ3) is 3.60. The second-order valence-electron chi connectivity index (χ2n) is 7.33. The van der Waals surface area contributed by atoms with E-state index in [4.69, 9.17) is 4.74 Å². The predicted octanol–water partition coefficient (Wildman–Crippen LogP) is 2.94. The van der Waals surface area contributed by atoms with Crippen LogP contribution in [0.5, 0.6) is 5.75 Å². The topological polar surface area (TPSA) is 80.2 Å². The Bertz CT molecular complexity index is 1050. The minimum Gasteiger partial charge on any atom is -0.496 e. The van der Waals surface area contributed by atoms with Crippen molar-refractivity contribution in [3.05, 3.63) is 53.6 Å². The third-order valence-electron chi connectivity index (χ3n) is 5.53. The minimum absolute atomic E-state index is 0.00839. The number of carbonyl (C=O) groups excluding carboxylic acids is 1. The van der Waals surface area contributed by atoms with Crippen LogP contribution in [0.3, 0.4) is 0 Å². The van der Waals surface area contributed by atoms with Crippen molar-refractivity contribution in [1.29, 1.82) is 0 Å². The number of ether oxygens (including phenoxy) is 1. The first-order valence-electron chi connectivity index (χ1n) is 9.83. The third-order valence-corrected chi connectivity index (χ3v) is 5.53. The van der Waals surface area contributed by atoms with Gasteiger partial charge in [0.25, 0.3) is 0 Å². The van der Waals surface area contributed by atoms with Crippen LogP contribution in [0, 0.1) is 13.8 Å². The smallest absolute Gasteiger partial charge is 0.243 e. The SMILES string of the molecule is COc1c(C)cnc(CNC(=O)C2CCCN2c2ncnc3ccccc23)c1C. The number of aromatic nitrogens is 3. The quantitative estimate of drug-likeness (QED) is 0.720. The van der Waals surface area contributed by atoms with Crippen LogP contribution in [0.1, 0.15) is 29.7 Å². The number of amides is 1. The standard InChI is InChI=1S/C22H25N5O2/c1-14-11-23-18(15(2)20(14)29-3)12-24-22(28)19-9-6-10-27(19)21-16-7-4-5-8-17(16)25-13-26-21/h4-5,7-8,11,13,19H,6,9-10,12H2,1-3H3,(H,24,28). The first-order chi connectivity index (χ1) is 14.1. The molecule has 2 aromatic heterocycles. The van der Waals surface area contributed by atoms with Crippen molar-refractivity contribution in [3.8, 4) is 5.75 Å². The summed E-state index contributed by atoms with van der Waals surface area (Å²) in [7, 11) is 1.65. The Morgan fingerprint density at radius 3 is 2.90 bits per heavy atom. The maximum Gasteiger partial charge on any atom is 0.243 e. The first kappa shape index (κ1) is 19.1. The summed E-state index contributed by atoms with van der Waals surface area (Å²) in [5.41, 5.74) is 3.64. The molecule has 1 atom stereocenters. The lowest BCUT2D eigenvalue weighted by Crippen LogP contribution is -2.43. The molecule has 3 aromatic rings. The fraction of sp³-hybridized carbons (Fsp3) is 0.364. The van der Waals surface area contributed by atoms with Gasteiger partial charge in [0, 0.05) is 29.3 Å². The molecule has 1 aliphatic heterocycles. The average molecular weight is 391 g/mol. The van der Waals surface area contributed by atoms with Crippen molar-refractivity contribution in [2.24, 2.45) is 0 Å². The van der Waals surface area contributed by atoms with Crippen molar-refractivity contribution in [2.45, 2.75) is 39.3 Å². The second kappa shape index (κ2) is 8.03. The molecule has 0 spiro atoms. The Balaban J connectivity index is 1.53. The molecule has 1 aliphatic rings. The molecule has 7 nitrogen and oxygen atoms in total. The molecule has 1 unspecified atom stereocenters. The van der Waals surface area contributed by atoms with Gasteiger partial charge in [-0.2, -0.15) is 0 Å². The molecule has 0 saturated carbocycles. The number of nitrogens with one attached hydrogen (secondary N) is 1. The first-order valence-corrected chi connectivity index (χ1v) is 9.83. The van der Waals surface area contributed by atoms with E-state index in [9.17, 15) is 4.79 Å². The van der Waals surface area contributed by atoms with E-state index in [0.29, 0.717) is 6.54 Å². The lowest BCUT2D eigenvalue weighted by molar-refractivity contribution is -0.122. The zero-order valence-corrected chi connectivity index (χ0v) is 17.0. The van der Waals surface area contributed by atoms with Gasteiger partial charge in [0.2, 0.25) is 5.91 Å². The number of hydrogen-bond acceptors (Lipinski definition) is 6. The monoisotopic (exact) mass is 391 g/mol. The summed E-state index contributed by atoms with van der Waals surface area (Å²) in [6.45, 7) is 5.10. The predicted molar refractivity (Wildman–Crippen MR) is 112 cm³/mol. The van der Waals surface area contributed by atoms with Crippen LogP contribution in [0.25, 0.3) is 10.9 Å². The van der Waals surface area contributed by atoms with E-state index < -0.39 is 0 Å². The fourth-order valence-corrected chi connectivity index (χ4v) is 4.05. The molecule has 1 fully saturated rings. The molecule has 1 saturated heterocycles. The number of aryl methyl sites for hydroxylation is 1. The molecule has 0 aliphatic carbocycles. The van der Waals surface area contributed by atoms with Gasteiger partial charge in [-0.3, -0.25) is 9.78 Å². The number of hydrogen-bond donors (Lipinski definition) is 1. The summed E-state index contributed by atoms with van der Waals surface area (Å²) < 4.78 is 5.46. The maximum atomic E-state index is 13.0. The fourth-order valence-electron chi connectivity index (χ4n) is 4.05. The molecular weight excluding hydrogens is 366 g/mol. The van der Waals surface area contributed by atoms with E-state index in [0.717, 1.165) is 58.7 Å². The number of nitrogens with zero attached hydrogens (tertiary/aromatic N) is 4. The number of carbonyl (C=O) groups is 1. The van der Waals surface area contributed by atoms with Gasteiger partial charge >= 0.3 is 0 Å². The van der Waals surface area contributed by atoms with E-state index in [1.54, 1.807) is 19.6 Å². The zero-order valence-electron chi connectivity index (χ0n) is 17.0. The molecule has 7 heteroatoms. The Morgan fingerprint density at radius 2 is 2.07 bits per heavy atom. The van der Waals surface area contributed by atoms with Gasteiger partial charge in [0.05, 0.1) is 24.9 Å². The Hall–Kier alpha value is -3.22. The summed E-state index contributed by atoms with van der Waals surface area (Å²) in [5.74, 6) is 1.63. The molecule has 4 rings (SSSR count). The lowest BCUT2D eigenvalue weighted by Gasteiger charge is -2.26. The largest absolute Gasteiger partial charge is 0.496 e. The number of para-hydroxylation sites is 1. The summed E-state index contributed by atoms with van der Waals surface area (Å²) in [6, 6.07) is 7.65. The number of methoxy groups -OCH3 is 1. The van der Waals surface area contributed by atoms with E-state index in [1.807, 2.05) is 38.1 Å². The van der Waals surface area contributed by atoms with Crippen molar-refractivity contribution < 1.29 is 9.53 Å². The van der Waals surface area contributed by atoms with E-state index in [-0.39, 0.29) is 11.9 Å². The molecule has 0 radical (unpaired) electrons. The van der Waals surface area contributed by atoms with Crippen molar-refractivity contribution >= 4 is 22.6 Å². The number of anilines is 1. The molecule has 0 bridgehead atoms. The van der Waals surface area contributed by atoms with Crippen LogP contribution in [0.2, 0.25) is 0 Å². The highest BCUT2D eigenvalue weighted by molar-refractivity contribution is 5.93. The van der Waals surface area contributed by atoms with Crippen LogP contribution in [0.4, 0.5) is 5.82 Å². The summed E-state index contributed by atoms with van der Waals surface area (Å²) >= 11 is 0. The van der Waals surface area contributed by atoms with Crippen LogP contribution < -0.4 is 15.0 Å². The number of pyridine rings is 1. The number of fused-ring (bicyclic) bond motifs is 1. The molecule has 29 heavy (non-hydrogen) atoms. The maximum absolute atomic E-state index is 13.0. The summed E-state index contributed by atoms with van der Waals surface area (Å²) in [5, 5.41) is 4.03. The Kier molecular flexibility index (Phi) is 5.29. The molecule has 1 N–H and O–H groups in total. The summed E-state index contributed by atoms with van der Waals surface area (Å²) in [6.07, 6.45) is 5.10. The molecular formula is C22H25N5O2. The van der Waals surface area contributed by atoms with E-state index >= 15 is 0 Å². The minimum atomic E-state index is -0.249. The van der Waals surface area contributed by atoms with Gasteiger partial charge in [-0.1, -0.05) is 12.1 Å². The second-order valence-corrected chi connectivity index (χ2v) is 7.33. The van der Waals surface area contributed by atoms with Gasteiger partial charge in [-0.15, -0.1) is 0 Å². The van der Waals surface area contributed by atoms with Gasteiger partial charge in [0.1, 0.15) is 23.9 Å². The van der Waals surface area contributed by atoms with Crippen molar-refractivity contribution in [1.82, 2.24) is 20.3 Å². The zero-order chi connectivity index (χ0) is 20.4.